The number of hydrogen-bond acceptors (Lipinski definition) is 5. The molecule has 0 aliphatic rings. The summed E-state index contributed by atoms with van der Waals surface area (Å²) in [6.07, 6.45) is 1.43. The van der Waals surface area contributed by atoms with Crippen molar-refractivity contribution in [3.63, 3.8) is 0 Å². The van der Waals surface area contributed by atoms with Gasteiger partial charge in [-0.3, -0.25) is 9.36 Å². The molecule has 152 valence electrons. The van der Waals surface area contributed by atoms with E-state index in [9.17, 15) is 13.2 Å². The number of nitrogens with zero attached hydrogens (tertiary/aromatic N) is 2. The highest BCUT2D eigenvalue weighted by Gasteiger charge is 2.18. The zero-order valence-electron chi connectivity index (χ0n) is 16.5. The monoisotopic (exact) mass is 413 g/mol. The molecule has 0 aliphatic carbocycles. The van der Waals surface area contributed by atoms with Crippen LogP contribution in [0, 0.1) is 13.8 Å². The Hall–Kier alpha value is -2.97. The molecule has 1 aromatic heterocycles. The molecule has 1 N–H and O–H groups in total. The molecule has 3 rings (SSSR count). The first-order valence-corrected chi connectivity index (χ1v) is 10.6. The molecule has 8 heteroatoms. The highest BCUT2D eigenvalue weighted by Crippen LogP contribution is 2.25. The first-order chi connectivity index (χ1) is 13.8. The van der Waals surface area contributed by atoms with Crippen LogP contribution in [0.15, 0.2) is 64.5 Å². The van der Waals surface area contributed by atoms with E-state index in [4.69, 9.17) is 4.74 Å². The van der Waals surface area contributed by atoms with E-state index >= 15 is 0 Å². The molecule has 0 spiro atoms. The van der Waals surface area contributed by atoms with Crippen molar-refractivity contribution in [1.29, 1.82) is 0 Å². The molecule has 3 aromatic rings. The van der Waals surface area contributed by atoms with E-state index in [2.05, 4.69) is 9.71 Å². The maximum Gasteiger partial charge on any atom is 0.253 e. The third kappa shape index (κ3) is 4.72. The molecule has 2 aromatic carbocycles. The van der Waals surface area contributed by atoms with Crippen LogP contribution in [0.5, 0.6) is 5.75 Å². The van der Waals surface area contributed by atoms with Gasteiger partial charge in [0.25, 0.3) is 5.56 Å². The molecule has 0 fully saturated rings. The Bertz CT molecular complexity index is 1170. The van der Waals surface area contributed by atoms with Gasteiger partial charge in [0.2, 0.25) is 10.0 Å². The van der Waals surface area contributed by atoms with Gasteiger partial charge in [0.05, 0.1) is 24.0 Å². The van der Waals surface area contributed by atoms with Gasteiger partial charge < -0.3 is 4.74 Å². The lowest BCUT2D eigenvalue weighted by Gasteiger charge is -2.13. The van der Waals surface area contributed by atoms with E-state index in [0.717, 1.165) is 11.1 Å². The van der Waals surface area contributed by atoms with Gasteiger partial charge in [0.15, 0.2) is 0 Å². The minimum Gasteiger partial charge on any atom is -0.496 e. The maximum absolute atomic E-state index is 12.7. The summed E-state index contributed by atoms with van der Waals surface area (Å²) in [5.41, 5.74) is 2.51. The molecule has 0 amide bonds. The average molecular weight is 413 g/mol. The van der Waals surface area contributed by atoms with Crippen LogP contribution in [-0.4, -0.2) is 31.6 Å². The fourth-order valence-electron chi connectivity index (χ4n) is 3.01. The number of aryl methyl sites for hydroxylation is 2. The molecule has 1 heterocycles. The van der Waals surface area contributed by atoms with Gasteiger partial charge in [-0.25, -0.2) is 18.1 Å². The van der Waals surface area contributed by atoms with Crippen LogP contribution in [0.2, 0.25) is 0 Å². The second kappa shape index (κ2) is 8.59. The first kappa shape index (κ1) is 20.8. The first-order valence-electron chi connectivity index (χ1n) is 9.08. The second-order valence-corrected chi connectivity index (χ2v) is 8.39. The van der Waals surface area contributed by atoms with E-state index in [0.29, 0.717) is 17.0 Å². The highest BCUT2D eigenvalue weighted by molar-refractivity contribution is 7.89. The summed E-state index contributed by atoms with van der Waals surface area (Å²) in [7, 11) is -2.17. The van der Waals surface area contributed by atoms with Crippen LogP contribution in [0.25, 0.3) is 11.3 Å². The van der Waals surface area contributed by atoms with Crippen LogP contribution < -0.4 is 15.0 Å². The van der Waals surface area contributed by atoms with E-state index in [1.54, 1.807) is 33.1 Å². The van der Waals surface area contributed by atoms with E-state index < -0.39 is 10.0 Å². The zero-order chi connectivity index (χ0) is 21.0. The van der Waals surface area contributed by atoms with Gasteiger partial charge >= 0.3 is 0 Å². The summed E-state index contributed by atoms with van der Waals surface area (Å²) in [6, 6.07) is 14.1. The van der Waals surface area contributed by atoms with E-state index in [1.807, 2.05) is 30.3 Å². The van der Waals surface area contributed by atoms with Crippen molar-refractivity contribution >= 4 is 10.0 Å². The SMILES string of the molecule is COc1cc(C)c(S(=O)(=O)NCCn2cnc(-c3ccccc3)cc2=O)cc1C. The number of rotatable bonds is 7. The quantitative estimate of drug-likeness (QED) is 0.643. The molecule has 0 aliphatic heterocycles. The zero-order valence-corrected chi connectivity index (χ0v) is 17.4. The van der Waals surface area contributed by atoms with Gasteiger partial charge in [-0.1, -0.05) is 30.3 Å². The number of sulfonamides is 1. The topological polar surface area (TPSA) is 90.3 Å². The molecule has 0 bridgehead atoms. The second-order valence-electron chi connectivity index (χ2n) is 6.66. The molecular formula is C21H23N3O4S. The molecule has 0 unspecified atom stereocenters. The molecule has 0 radical (unpaired) electrons. The molecule has 0 saturated heterocycles. The summed E-state index contributed by atoms with van der Waals surface area (Å²) in [6.45, 7) is 3.75. The fourth-order valence-corrected chi connectivity index (χ4v) is 4.34. The van der Waals surface area contributed by atoms with Crippen LogP contribution in [-0.2, 0) is 16.6 Å². The minimum absolute atomic E-state index is 0.0686. The van der Waals surface area contributed by atoms with Gasteiger partial charge in [-0.05, 0) is 37.1 Å². The Morgan fingerprint density at radius 1 is 1.07 bits per heavy atom. The van der Waals surface area contributed by atoms with Gasteiger partial charge in [0.1, 0.15) is 5.75 Å². The summed E-state index contributed by atoms with van der Waals surface area (Å²) in [4.78, 5) is 16.8. The number of benzene rings is 2. The Morgan fingerprint density at radius 2 is 1.79 bits per heavy atom. The largest absolute Gasteiger partial charge is 0.496 e. The lowest BCUT2D eigenvalue weighted by Crippen LogP contribution is -2.31. The molecule has 7 nitrogen and oxygen atoms in total. The van der Waals surface area contributed by atoms with Crippen molar-refractivity contribution < 1.29 is 13.2 Å². The summed E-state index contributed by atoms with van der Waals surface area (Å²) >= 11 is 0. The normalized spacial score (nSPS) is 11.4. The van der Waals surface area contributed by atoms with Gasteiger partial charge in [-0.2, -0.15) is 0 Å². The Kier molecular flexibility index (Phi) is 6.14. The Balaban J connectivity index is 1.71. The minimum atomic E-state index is -3.71. The standard InChI is InChI=1S/C21H23N3O4S/c1-15-12-20(16(2)11-19(15)28-3)29(26,27)23-9-10-24-14-22-18(13-21(24)25)17-7-5-4-6-8-17/h4-8,11-14,23H,9-10H2,1-3H3. The molecule has 29 heavy (non-hydrogen) atoms. The van der Waals surface area contributed by atoms with Crippen molar-refractivity contribution in [3.05, 3.63) is 76.3 Å². The Morgan fingerprint density at radius 3 is 2.45 bits per heavy atom. The lowest BCUT2D eigenvalue weighted by atomic mass is 10.1. The number of methoxy groups -OCH3 is 1. The molecular weight excluding hydrogens is 390 g/mol. The lowest BCUT2D eigenvalue weighted by molar-refractivity contribution is 0.411. The third-order valence-electron chi connectivity index (χ3n) is 4.58. The summed E-state index contributed by atoms with van der Waals surface area (Å²) in [5, 5.41) is 0. The van der Waals surface area contributed by atoms with Crippen LogP contribution in [0.1, 0.15) is 11.1 Å². The van der Waals surface area contributed by atoms with Gasteiger partial charge in [-0.15, -0.1) is 0 Å². The summed E-state index contributed by atoms with van der Waals surface area (Å²) in [5.74, 6) is 0.637. The number of aromatic nitrogens is 2. The van der Waals surface area contributed by atoms with E-state index in [-0.39, 0.29) is 23.5 Å². The molecule has 0 saturated carbocycles. The van der Waals surface area contributed by atoms with Crippen molar-refractivity contribution in [3.8, 4) is 17.0 Å². The van der Waals surface area contributed by atoms with Crippen LogP contribution >= 0.6 is 0 Å². The predicted molar refractivity (Wildman–Crippen MR) is 112 cm³/mol. The van der Waals surface area contributed by atoms with E-state index in [1.165, 1.54) is 17.0 Å². The molecule has 0 atom stereocenters. The summed E-state index contributed by atoms with van der Waals surface area (Å²) < 4.78 is 34.5. The highest BCUT2D eigenvalue weighted by atomic mass is 32.2. The number of nitrogens with one attached hydrogen (secondary N) is 1. The van der Waals surface area contributed by atoms with Crippen LogP contribution in [0.3, 0.4) is 0 Å². The van der Waals surface area contributed by atoms with Crippen molar-refractivity contribution in [2.45, 2.75) is 25.3 Å². The predicted octanol–water partition coefficient (Wildman–Crippen LogP) is 2.51. The van der Waals surface area contributed by atoms with Crippen molar-refractivity contribution in [1.82, 2.24) is 14.3 Å². The number of hydrogen-bond donors (Lipinski definition) is 1. The smallest absolute Gasteiger partial charge is 0.253 e. The van der Waals surface area contributed by atoms with Crippen LogP contribution in [0.4, 0.5) is 0 Å². The Labute approximate surface area is 170 Å². The van der Waals surface area contributed by atoms with Crippen molar-refractivity contribution in [2.24, 2.45) is 0 Å². The third-order valence-corrected chi connectivity index (χ3v) is 6.18. The fraction of sp³-hybridized carbons (Fsp3) is 0.238. The van der Waals surface area contributed by atoms with Crippen molar-refractivity contribution in [2.75, 3.05) is 13.7 Å². The maximum atomic E-state index is 12.7. The average Bonchev–Trinajstić information content (AvgIpc) is 2.71. The van der Waals surface area contributed by atoms with Gasteiger partial charge in [0, 0.05) is 24.7 Å². The number of ether oxygens (including phenoxy) is 1.